The van der Waals surface area contributed by atoms with E-state index in [4.69, 9.17) is 9.47 Å². The Kier molecular flexibility index (Phi) is 5.03. The van der Waals surface area contributed by atoms with E-state index in [1.54, 1.807) is 7.11 Å². The number of ether oxygens (including phenoxy) is 2. The lowest BCUT2D eigenvalue weighted by atomic mass is 9.86. The van der Waals surface area contributed by atoms with Crippen LogP contribution in [0.2, 0.25) is 0 Å². The Balaban J connectivity index is 2.96. The van der Waals surface area contributed by atoms with Crippen molar-refractivity contribution in [3.05, 3.63) is 23.8 Å². The molecule has 102 valence electrons. The van der Waals surface area contributed by atoms with Crippen molar-refractivity contribution < 1.29 is 14.6 Å². The van der Waals surface area contributed by atoms with Gasteiger partial charge in [0.1, 0.15) is 18.1 Å². The van der Waals surface area contributed by atoms with E-state index in [1.165, 1.54) is 0 Å². The van der Waals surface area contributed by atoms with Gasteiger partial charge in [-0.1, -0.05) is 27.7 Å². The largest absolute Gasteiger partial charge is 0.497 e. The fraction of sp³-hybridized carbons (Fsp3) is 0.600. The summed E-state index contributed by atoms with van der Waals surface area (Å²) in [6.07, 6.45) is 0.279. The summed E-state index contributed by atoms with van der Waals surface area (Å²) >= 11 is 0. The fourth-order valence-corrected chi connectivity index (χ4v) is 1.65. The third-order valence-electron chi connectivity index (χ3n) is 2.90. The summed E-state index contributed by atoms with van der Waals surface area (Å²) < 4.78 is 11.0. The Morgan fingerprint density at radius 2 is 1.94 bits per heavy atom. The quantitative estimate of drug-likeness (QED) is 0.875. The monoisotopic (exact) mass is 252 g/mol. The Labute approximate surface area is 110 Å². The number of hydrogen-bond acceptors (Lipinski definition) is 3. The van der Waals surface area contributed by atoms with E-state index in [1.807, 2.05) is 25.1 Å². The SMILES string of the molecule is CCC(O)COc1ccc(OC)cc1C(C)(C)C. The minimum absolute atomic E-state index is 0.0267. The van der Waals surface area contributed by atoms with Gasteiger partial charge in [0.15, 0.2) is 0 Å². The summed E-state index contributed by atoms with van der Waals surface area (Å²) in [6.45, 7) is 8.65. The van der Waals surface area contributed by atoms with Crippen LogP contribution in [0.3, 0.4) is 0 Å². The molecule has 0 aliphatic heterocycles. The van der Waals surface area contributed by atoms with Crippen molar-refractivity contribution >= 4 is 0 Å². The average Bonchev–Trinajstić information content (AvgIpc) is 2.34. The fourth-order valence-electron chi connectivity index (χ4n) is 1.65. The Hall–Kier alpha value is -1.22. The van der Waals surface area contributed by atoms with Gasteiger partial charge in [-0.15, -0.1) is 0 Å². The molecule has 1 N–H and O–H groups in total. The molecule has 0 saturated carbocycles. The molecule has 0 bridgehead atoms. The summed E-state index contributed by atoms with van der Waals surface area (Å²) in [7, 11) is 1.66. The van der Waals surface area contributed by atoms with Crippen LogP contribution < -0.4 is 9.47 Å². The van der Waals surface area contributed by atoms with Crippen LogP contribution in [0, 0.1) is 0 Å². The van der Waals surface area contributed by atoms with Gasteiger partial charge < -0.3 is 14.6 Å². The molecule has 1 aromatic carbocycles. The standard InChI is InChI=1S/C15H24O3/c1-6-11(16)10-18-14-8-7-12(17-5)9-13(14)15(2,3)4/h7-9,11,16H,6,10H2,1-5H3. The van der Waals surface area contributed by atoms with Crippen LogP contribution in [0.1, 0.15) is 39.7 Å². The molecule has 3 heteroatoms. The van der Waals surface area contributed by atoms with Crippen LogP contribution in [0.15, 0.2) is 18.2 Å². The maximum atomic E-state index is 9.56. The van der Waals surface area contributed by atoms with Crippen LogP contribution in [0.25, 0.3) is 0 Å². The highest BCUT2D eigenvalue weighted by atomic mass is 16.5. The predicted octanol–water partition coefficient (Wildman–Crippen LogP) is 3.14. The van der Waals surface area contributed by atoms with Gasteiger partial charge in [-0.25, -0.2) is 0 Å². The topological polar surface area (TPSA) is 38.7 Å². The number of rotatable bonds is 5. The third-order valence-corrected chi connectivity index (χ3v) is 2.90. The molecule has 0 heterocycles. The highest BCUT2D eigenvalue weighted by Crippen LogP contribution is 2.34. The first-order valence-corrected chi connectivity index (χ1v) is 6.38. The van der Waals surface area contributed by atoms with Gasteiger partial charge in [0.05, 0.1) is 13.2 Å². The Morgan fingerprint density at radius 1 is 1.28 bits per heavy atom. The molecule has 1 atom stereocenters. The van der Waals surface area contributed by atoms with Gasteiger partial charge in [-0.05, 0) is 30.0 Å². The summed E-state index contributed by atoms with van der Waals surface area (Å²) in [5, 5.41) is 9.56. The third kappa shape index (κ3) is 3.91. The number of aliphatic hydroxyl groups excluding tert-OH is 1. The first-order chi connectivity index (χ1) is 8.38. The summed E-state index contributed by atoms with van der Waals surface area (Å²) in [6, 6.07) is 5.78. The molecule has 18 heavy (non-hydrogen) atoms. The lowest BCUT2D eigenvalue weighted by molar-refractivity contribution is 0.103. The molecule has 0 aromatic heterocycles. The van der Waals surface area contributed by atoms with Crippen LogP contribution in [-0.2, 0) is 5.41 Å². The zero-order valence-electron chi connectivity index (χ0n) is 12.0. The van der Waals surface area contributed by atoms with Crippen LogP contribution in [0.4, 0.5) is 0 Å². The van der Waals surface area contributed by atoms with Crippen molar-refractivity contribution in [2.45, 2.75) is 45.6 Å². The van der Waals surface area contributed by atoms with E-state index in [0.29, 0.717) is 13.0 Å². The van der Waals surface area contributed by atoms with E-state index in [9.17, 15) is 5.11 Å². The second-order valence-electron chi connectivity index (χ2n) is 5.49. The second-order valence-corrected chi connectivity index (χ2v) is 5.49. The molecule has 0 aliphatic rings. The van der Waals surface area contributed by atoms with Crippen molar-refractivity contribution in [1.29, 1.82) is 0 Å². The normalized spacial score (nSPS) is 13.2. The Morgan fingerprint density at radius 3 is 2.44 bits per heavy atom. The molecule has 0 amide bonds. The van der Waals surface area contributed by atoms with E-state index in [-0.39, 0.29) is 5.41 Å². The minimum atomic E-state index is -0.417. The molecule has 1 aromatic rings. The first-order valence-electron chi connectivity index (χ1n) is 6.38. The predicted molar refractivity (Wildman–Crippen MR) is 73.5 cm³/mol. The zero-order valence-corrected chi connectivity index (χ0v) is 12.0. The van der Waals surface area contributed by atoms with E-state index in [0.717, 1.165) is 17.1 Å². The molecule has 0 saturated heterocycles. The summed E-state index contributed by atoms with van der Waals surface area (Å²) in [4.78, 5) is 0. The number of methoxy groups -OCH3 is 1. The summed E-state index contributed by atoms with van der Waals surface area (Å²) in [5.74, 6) is 1.64. The van der Waals surface area contributed by atoms with Gasteiger partial charge in [0.25, 0.3) is 0 Å². The maximum absolute atomic E-state index is 9.56. The van der Waals surface area contributed by atoms with Crippen LogP contribution in [0.5, 0.6) is 11.5 Å². The smallest absolute Gasteiger partial charge is 0.123 e. The minimum Gasteiger partial charge on any atom is -0.497 e. The lowest BCUT2D eigenvalue weighted by Crippen LogP contribution is -2.19. The van der Waals surface area contributed by atoms with Crippen LogP contribution in [-0.4, -0.2) is 24.9 Å². The Bertz CT molecular complexity index is 380. The number of benzene rings is 1. The molecule has 0 spiro atoms. The number of hydrogen-bond donors (Lipinski definition) is 1. The molecule has 0 radical (unpaired) electrons. The van der Waals surface area contributed by atoms with Crippen molar-refractivity contribution in [3.8, 4) is 11.5 Å². The van der Waals surface area contributed by atoms with Gasteiger partial charge >= 0.3 is 0 Å². The van der Waals surface area contributed by atoms with Gasteiger partial charge in [0.2, 0.25) is 0 Å². The maximum Gasteiger partial charge on any atom is 0.123 e. The van der Waals surface area contributed by atoms with Crippen molar-refractivity contribution in [3.63, 3.8) is 0 Å². The van der Waals surface area contributed by atoms with Crippen molar-refractivity contribution in [2.75, 3.05) is 13.7 Å². The molecular formula is C15H24O3. The van der Waals surface area contributed by atoms with Crippen molar-refractivity contribution in [2.24, 2.45) is 0 Å². The van der Waals surface area contributed by atoms with Gasteiger partial charge in [0, 0.05) is 5.56 Å². The molecular weight excluding hydrogens is 228 g/mol. The van der Waals surface area contributed by atoms with E-state index < -0.39 is 6.10 Å². The average molecular weight is 252 g/mol. The van der Waals surface area contributed by atoms with Crippen LogP contribution >= 0.6 is 0 Å². The molecule has 1 rings (SSSR count). The molecule has 1 unspecified atom stereocenters. The molecule has 0 aliphatic carbocycles. The highest BCUT2D eigenvalue weighted by Gasteiger charge is 2.20. The van der Waals surface area contributed by atoms with E-state index in [2.05, 4.69) is 20.8 Å². The van der Waals surface area contributed by atoms with Gasteiger partial charge in [-0.2, -0.15) is 0 Å². The zero-order chi connectivity index (χ0) is 13.8. The second kappa shape index (κ2) is 6.10. The molecule has 3 nitrogen and oxygen atoms in total. The summed E-state index contributed by atoms with van der Waals surface area (Å²) in [5.41, 5.74) is 1.06. The molecule has 0 fully saturated rings. The lowest BCUT2D eigenvalue weighted by Gasteiger charge is -2.24. The number of aliphatic hydroxyl groups is 1. The van der Waals surface area contributed by atoms with Crippen molar-refractivity contribution in [1.82, 2.24) is 0 Å². The van der Waals surface area contributed by atoms with Gasteiger partial charge in [-0.3, -0.25) is 0 Å². The van der Waals surface area contributed by atoms with E-state index >= 15 is 0 Å². The first kappa shape index (κ1) is 14.8. The highest BCUT2D eigenvalue weighted by molar-refractivity contribution is 5.44.